The molecule has 2 N–H and O–H groups in total. The molecule has 0 saturated carbocycles. The third-order valence-electron chi connectivity index (χ3n) is 4.48. The standard InChI is InChI=1S/C21H28N4O4S/c1-2-22-21(25-18-10-13-30(26,27)16-18)24-15-17-8-9-20(23-14-17)29-12-11-28-19-6-4-3-5-7-19/h3-9,14,18H,2,10-13,15-16H2,1H3,(H2,22,24,25). The van der Waals surface area contributed by atoms with E-state index in [4.69, 9.17) is 9.47 Å². The van der Waals surface area contributed by atoms with Crippen LogP contribution in [0.5, 0.6) is 11.6 Å². The van der Waals surface area contributed by atoms with E-state index in [2.05, 4.69) is 20.6 Å². The first-order chi connectivity index (χ1) is 14.5. The van der Waals surface area contributed by atoms with E-state index in [0.29, 0.717) is 44.6 Å². The Hall–Kier alpha value is -2.81. The van der Waals surface area contributed by atoms with Crippen LogP contribution in [0.1, 0.15) is 18.9 Å². The molecule has 2 aromatic rings. The molecule has 1 unspecified atom stereocenters. The minimum absolute atomic E-state index is 0.0974. The van der Waals surface area contributed by atoms with Gasteiger partial charge in [0, 0.05) is 24.8 Å². The van der Waals surface area contributed by atoms with Crippen molar-refractivity contribution >= 4 is 15.8 Å². The van der Waals surface area contributed by atoms with E-state index in [9.17, 15) is 8.42 Å². The summed E-state index contributed by atoms with van der Waals surface area (Å²) in [4.78, 5) is 8.83. The van der Waals surface area contributed by atoms with Crippen LogP contribution in [0.15, 0.2) is 53.7 Å². The molecule has 1 aliphatic heterocycles. The largest absolute Gasteiger partial charge is 0.490 e. The Balaban J connectivity index is 1.45. The molecule has 1 atom stereocenters. The number of nitrogens with zero attached hydrogens (tertiary/aromatic N) is 2. The molecule has 1 aromatic carbocycles. The first kappa shape index (κ1) is 21.9. The molecule has 30 heavy (non-hydrogen) atoms. The van der Waals surface area contributed by atoms with Crippen LogP contribution in [0, 0.1) is 0 Å². The van der Waals surface area contributed by atoms with E-state index in [1.165, 1.54) is 0 Å². The van der Waals surface area contributed by atoms with E-state index in [-0.39, 0.29) is 17.5 Å². The van der Waals surface area contributed by atoms with Crippen molar-refractivity contribution in [1.82, 2.24) is 15.6 Å². The fourth-order valence-electron chi connectivity index (χ4n) is 3.00. The lowest BCUT2D eigenvalue weighted by Gasteiger charge is -2.15. The first-order valence-electron chi connectivity index (χ1n) is 10.0. The number of hydrogen-bond acceptors (Lipinski definition) is 6. The zero-order valence-electron chi connectivity index (χ0n) is 17.1. The lowest BCUT2D eigenvalue weighted by Crippen LogP contribution is -2.44. The maximum Gasteiger partial charge on any atom is 0.213 e. The van der Waals surface area contributed by atoms with Crippen molar-refractivity contribution in [2.24, 2.45) is 4.99 Å². The van der Waals surface area contributed by atoms with Crippen molar-refractivity contribution in [3.63, 3.8) is 0 Å². The number of sulfone groups is 1. The maximum atomic E-state index is 11.6. The third kappa shape index (κ3) is 7.22. The van der Waals surface area contributed by atoms with Gasteiger partial charge < -0.3 is 20.1 Å². The second-order valence-electron chi connectivity index (χ2n) is 6.95. The van der Waals surface area contributed by atoms with E-state index in [1.54, 1.807) is 12.3 Å². The third-order valence-corrected chi connectivity index (χ3v) is 6.25. The average Bonchev–Trinajstić information content (AvgIpc) is 3.09. The number of para-hydroxylation sites is 1. The summed E-state index contributed by atoms with van der Waals surface area (Å²) in [5.74, 6) is 2.33. The molecule has 1 fully saturated rings. The molecular weight excluding hydrogens is 404 g/mol. The predicted molar refractivity (Wildman–Crippen MR) is 117 cm³/mol. The van der Waals surface area contributed by atoms with Crippen LogP contribution >= 0.6 is 0 Å². The van der Waals surface area contributed by atoms with Crippen LogP contribution in [0.2, 0.25) is 0 Å². The number of ether oxygens (including phenoxy) is 2. The van der Waals surface area contributed by atoms with Crippen molar-refractivity contribution in [3.8, 4) is 11.6 Å². The number of benzene rings is 1. The quantitative estimate of drug-likeness (QED) is 0.354. The van der Waals surface area contributed by atoms with Gasteiger partial charge in [-0.05, 0) is 31.0 Å². The van der Waals surface area contributed by atoms with Crippen LogP contribution in [0.3, 0.4) is 0 Å². The molecule has 0 aliphatic carbocycles. The zero-order chi connectivity index (χ0) is 21.2. The summed E-state index contributed by atoms with van der Waals surface area (Å²) in [5, 5.41) is 6.35. The summed E-state index contributed by atoms with van der Waals surface area (Å²) in [7, 11) is -2.93. The summed E-state index contributed by atoms with van der Waals surface area (Å²) < 4.78 is 34.4. The van der Waals surface area contributed by atoms with Crippen LogP contribution in [0.4, 0.5) is 0 Å². The van der Waals surface area contributed by atoms with Crippen molar-refractivity contribution in [3.05, 3.63) is 54.2 Å². The lowest BCUT2D eigenvalue weighted by molar-refractivity contribution is 0.212. The first-order valence-corrected chi connectivity index (χ1v) is 11.9. The normalized spacial score (nSPS) is 18.0. The Morgan fingerprint density at radius 1 is 1.17 bits per heavy atom. The number of aliphatic imine (C=N–C) groups is 1. The maximum absolute atomic E-state index is 11.6. The van der Waals surface area contributed by atoms with E-state index in [1.807, 2.05) is 43.3 Å². The highest BCUT2D eigenvalue weighted by atomic mass is 32.2. The van der Waals surface area contributed by atoms with Gasteiger partial charge in [0.15, 0.2) is 15.8 Å². The predicted octanol–water partition coefficient (Wildman–Crippen LogP) is 1.78. The van der Waals surface area contributed by atoms with Gasteiger partial charge in [-0.15, -0.1) is 0 Å². The Bertz CT molecular complexity index is 918. The van der Waals surface area contributed by atoms with Crippen molar-refractivity contribution in [2.45, 2.75) is 25.9 Å². The van der Waals surface area contributed by atoms with Gasteiger partial charge in [-0.25, -0.2) is 18.4 Å². The molecule has 2 heterocycles. The van der Waals surface area contributed by atoms with Gasteiger partial charge in [0.25, 0.3) is 0 Å². The Kier molecular flexibility index (Phi) is 7.89. The topological polar surface area (TPSA) is 102 Å². The molecule has 0 spiro atoms. The van der Waals surface area contributed by atoms with Crippen LogP contribution in [-0.2, 0) is 16.4 Å². The molecule has 0 amide bonds. The zero-order valence-corrected chi connectivity index (χ0v) is 17.9. The van der Waals surface area contributed by atoms with Crippen LogP contribution in [0.25, 0.3) is 0 Å². The highest BCUT2D eigenvalue weighted by Gasteiger charge is 2.28. The summed E-state index contributed by atoms with van der Waals surface area (Å²) >= 11 is 0. The fraction of sp³-hybridized carbons (Fsp3) is 0.429. The van der Waals surface area contributed by atoms with Gasteiger partial charge >= 0.3 is 0 Å². The highest BCUT2D eigenvalue weighted by Crippen LogP contribution is 2.12. The molecule has 1 aromatic heterocycles. The Morgan fingerprint density at radius 2 is 1.97 bits per heavy atom. The molecule has 0 radical (unpaired) electrons. The molecule has 9 heteroatoms. The average molecular weight is 433 g/mol. The molecular formula is C21H28N4O4S. The SMILES string of the molecule is CCNC(=NCc1ccc(OCCOc2ccccc2)nc1)NC1CCS(=O)(=O)C1. The van der Waals surface area contributed by atoms with Crippen molar-refractivity contribution < 1.29 is 17.9 Å². The van der Waals surface area contributed by atoms with Crippen LogP contribution in [-0.4, -0.2) is 56.7 Å². The molecule has 0 bridgehead atoms. The molecule has 1 aliphatic rings. The number of hydrogen-bond donors (Lipinski definition) is 2. The molecule has 3 rings (SSSR count). The van der Waals surface area contributed by atoms with Gasteiger partial charge in [0.05, 0.1) is 18.1 Å². The van der Waals surface area contributed by atoms with Crippen molar-refractivity contribution in [1.29, 1.82) is 0 Å². The smallest absolute Gasteiger partial charge is 0.213 e. The summed E-state index contributed by atoms with van der Waals surface area (Å²) in [6.45, 7) is 3.93. The fourth-order valence-corrected chi connectivity index (χ4v) is 4.68. The lowest BCUT2D eigenvalue weighted by atomic mass is 10.3. The Morgan fingerprint density at radius 3 is 2.63 bits per heavy atom. The van der Waals surface area contributed by atoms with Gasteiger partial charge in [0.2, 0.25) is 5.88 Å². The van der Waals surface area contributed by atoms with Crippen molar-refractivity contribution in [2.75, 3.05) is 31.3 Å². The molecule has 8 nitrogen and oxygen atoms in total. The monoisotopic (exact) mass is 432 g/mol. The number of aromatic nitrogens is 1. The molecule has 162 valence electrons. The van der Waals surface area contributed by atoms with Gasteiger partial charge in [0.1, 0.15) is 19.0 Å². The van der Waals surface area contributed by atoms with Crippen LogP contribution < -0.4 is 20.1 Å². The van der Waals surface area contributed by atoms with Gasteiger partial charge in [-0.2, -0.15) is 0 Å². The minimum Gasteiger partial charge on any atom is -0.490 e. The van der Waals surface area contributed by atoms with Gasteiger partial charge in [-0.3, -0.25) is 0 Å². The Labute approximate surface area is 177 Å². The highest BCUT2D eigenvalue weighted by molar-refractivity contribution is 7.91. The number of guanidine groups is 1. The number of nitrogens with one attached hydrogen (secondary N) is 2. The number of pyridine rings is 1. The second-order valence-corrected chi connectivity index (χ2v) is 9.18. The summed E-state index contributed by atoms with van der Waals surface area (Å²) in [5.41, 5.74) is 0.930. The molecule has 1 saturated heterocycles. The summed E-state index contributed by atoms with van der Waals surface area (Å²) in [6.07, 6.45) is 2.33. The van der Waals surface area contributed by atoms with Gasteiger partial charge in [-0.1, -0.05) is 24.3 Å². The number of rotatable bonds is 9. The van der Waals surface area contributed by atoms with E-state index in [0.717, 1.165) is 11.3 Å². The minimum atomic E-state index is -2.93. The second kappa shape index (κ2) is 10.8. The van der Waals surface area contributed by atoms with E-state index < -0.39 is 9.84 Å². The van der Waals surface area contributed by atoms with E-state index >= 15 is 0 Å². The summed E-state index contributed by atoms with van der Waals surface area (Å²) in [6, 6.07) is 13.2.